The van der Waals surface area contributed by atoms with Crippen molar-refractivity contribution in [1.82, 2.24) is 10.2 Å². The number of thiophene rings is 1. The van der Waals surface area contributed by atoms with Crippen LogP contribution in [-0.4, -0.2) is 43.3 Å². The quantitative estimate of drug-likeness (QED) is 0.904. The van der Waals surface area contributed by atoms with Gasteiger partial charge >= 0.3 is 0 Å². The molecule has 1 aliphatic heterocycles. The molecule has 0 bridgehead atoms. The standard InChI is InChI=1S/C14H23ClN2OS/c1-4-16-13(12-11(15)5-10-19-12)14(2,3)17-6-8-18-9-7-17/h5,10,13,16H,4,6-9H2,1-3H3. The van der Waals surface area contributed by atoms with E-state index >= 15 is 0 Å². The third-order valence-electron chi connectivity index (χ3n) is 3.85. The number of ether oxygens (including phenoxy) is 1. The van der Waals surface area contributed by atoms with Gasteiger partial charge in [0.1, 0.15) is 0 Å². The Bertz CT molecular complexity index is 402. The minimum Gasteiger partial charge on any atom is -0.379 e. The maximum Gasteiger partial charge on any atom is 0.0611 e. The topological polar surface area (TPSA) is 24.5 Å². The SMILES string of the molecule is CCNC(c1sccc1Cl)C(C)(C)N1CCOCC1. The van der Waals surface area contributed by atoms with Crippen LogP contribution in [0.1, 0.15) is 31.7 Å². The minimum absolute atomic E-state index is 0.0221. The molecule has 2 heterocycles. The van der Waals surface area contributed by atoms with Crippen LogP contribution in [-0.2, 0) is 4.74 Å². The second-order valence-corrected chi connectivity index (χ2v) is 6.73. The molecule has 5 heteroatoms. The molecule has 1 aromatic rings. The zero-order valence-electron chi connectivity index (χ0n) is 11.9. The smallest absolute Gasteiger partial charge is 0.0611 e. The van der Waals surface area contributed by atoms with Gasteiger partial charge in [-0.15, -0.1) is 11.3 Å². The Morgan fingerprint density at radius 2 is 2.16 bits per heavy atom. The minimum atomic E-state index is 0.0221. The number of nitrogens with one attached hydrogen (secondary N) is 1. The molecule has 1 unspecified atom stereocenters. The van der Waals surface area contributed by atoms with Crippen molar-refractivity contribution in [2.45, 2.75) is 32.4 Å². The van der Waals surface area contributed by atoms with Crippen LogP contribution in [0.4, 0.5) is 0 Å². The van der Waals surface area contributed by atoms with E-state index in [1.54, 1.807) is 11.3 Å². The lowest BCUT2D eigenvalue weighted by molar-refractivity contribution is -0.0231. The summed E-state index contributed by atoms with van der Waals surface area (Å²) in [5.41, 5.74) is 0.0221. The van der Waals surface area contributed by atoms with Gasteiger partial charge in [0.15, 0.2) is 0 Å². The van der Waals surface area contributed by atoms with Crippen LogP contribution in [0.15, 0.2) is 11.4 Å². The highest BCUT2D eigenvalue weighted by Crippen LogP contribution is 2.38. The zero-order chi connectivity index (χ0) is 13.9. The van der Waals surface area contributed by atoms with Gasteiger partial charge in [0, 0.05) is 23.5 Å². The van der Waals surface area contributed by atoms with E-state index in [1.165, 1.54) is 4.88 Å². The molecule has 1 atom stereocenters. The number of rotatable bonds is 5. The Morgan fingerprint density at radius 1 is 1.47 bits per heavy atom. The second-order valence-electron chi connectivity index (χ2n) is 5.38. The van der Waals surface area contributed by atoms with Gasteiger partial charge in [-0.1, -0.05) is 18.5 Å². The first kappa shape index (κ1) is 15.3. The summed E-state index contributed by atoms with van der Waals surface area (Å²) in [6.45, 7) is 11.3. The second kappa shape index (κ2) is 6.55. The molecule has 1 aliphatic rings. The summed E-state index contributed by atoms with van der Waals surface area (Å²) in [5, 5.41) is 6.55. The van der Waals surface area contributed by atoms with E-state index < -0.39 is 0 Å². The van der Waals surface area contributed by atoms with Gasteiger partial charge in [0.25, 0.3) is 0 Å². The van der Waals surface area contributed by atoms with Gasteiger partial charge in [-0.25, -0.2) is 0 Å². The molecule has 3 nitrogen and oxygen atoms in total. The molecular weight excluding hydrogens is 280 g/mol. The first-order chi connectivity index (χ1) is 9.07. The van der Waals surface area contributed by atoms with E-state index in [0.717, 1.165) is 37.9 Å². The van der Waals surface area contributed by atoms with Crippen molar-refractivity contribution in [3.63, 3.8) is 0 Å². The maximum absolute atomic E-state index is 6.34. The molecule has 1 fully saturated rings. The van der Waals surface area contributed by atoms with Gasteiger partial charge in [-0.3, -0.25) is 4.90 Å². The Kier molecular flexibility index (Phi) is 5.26. The Balaban J connectivity index is 2.24. The van der Waals surface area contributed by atoms with E-state index in [1.807, 2.05) is 6.07 Å². The van der Waals surface area contributed by atoms with Crippen LogP contribution in [0.5, 0.6) is 0 Å². The number of hydrogen-bond acceptors (Lipinski definition) is 4. The summed E-state index contributed by atoms with van der Waals surface area (Å²) in [6.07, 6.45) is 0. The molecule has 0 saturated carbocycles. The van der Waals surface area contributed by atoms with Crippen molar-refractivity contribution in [3.8, 4) is 0 Å². The lowest BCUT2D eigenvalue weighted by Crippen LogP contribution is -2.56. The molecule has 1 N–H and O–H groups in total. The number of likely N-dealkylation sites (N-methyl/N-ethyl adjacent to an activating group) is 1. The highest BCUT2D eigenvalue weighted by Gasteiger charge is 2.38. The molecule has 1 aromatic heterocycles. The Hall–Kier alpha value is -0.130. The van der Waals surface area contributed by atoms with Crippen molar-refractivity contribution >= 4 is 22.9 Å². The molecule has 0 spiro atoms. The highest BCUT2D eigenvalue weighted by atomic mass is 35.5. The Morgan fingerprint density at radius 3 is 2.68 bits per heavy atom. The third kappa shape index (κ3) is 3.31. The van der Waals surface area contributed by atoms with Gasteiger partial charge in [0.05, 0.1) is 24.3 Å². The van der Waals surface area contributed by atoms with Crippen LogP contribution < -0.4 is 5.32 Å². The van der Waals surface area contributed by atoms with Crippen molar-refractivity contribution in [2.24, 2.45) is 0 Å². The van der Waals surface area contributed by atoms with Crippen LogP contribution in [0, 0.1) is 0 Å². The van der Waals surface area contributed by atoms with Gasteiger partial charge < -0.3 is 10.1 Å². The summed E-state index contributed by atoms with van der Waals surface area (Å²) < 4.78 is 5.46. The molecule has 0 aromatic carbocycles. The lowest BCUT2D eigenvalue weighted by Gasteiger charge is -2.45. The summed E-state index contributed by atoms with van der Waals surface area (Å²) in [7, 11) is 0. The van der Waals surface area contributed by atoms with Gasteiger partial charge in [-0.2, -0.15) is 0 Å². The van der Waals surface area contributed by atoms with Gasteiger partial charge in [0.2, 0.25) is 0 Å². The van der Waals surface area contributed by atoms with Crippen molar-refractivity contribution < 1.29 is 4.74 Å². The maximum atomic E-state index is 6.34. The molecule has 0 amide bonds. The predicted octanol–water partition coefficient (Wildman–Crippen LogP) is 3.16. The molecule has 0 radical (unpaired) electrons. The van der Waals surface area contributed by atoms with E-state index in [0.29, 0.717) is 0 Å². The first-order valence-corrected chi connectivity index (χ1v) is 8.12. The van der Waals surface area contributed by atoms with Crippen LogP contribution >= 0.6 is 22.9 Å². The Labute approximate surface area is 124 Å². The normalized spacial score (nSPS) is 19.6. The van der Waals surface area contributed by atoms with E-state index in [9.17, 15) is 0 Å². The van der Waals surface area contributed by atoms with E-state index in [-0.39, 0.29) is 11.6 Å². The fourth-order valence-corrected chi connectivity index (χ4v) is 4.12. The number of halogens is 1. The predicted molar refractivity (Wildman–Crippen MR) is 82.2 cm³/mol. The molecule has 108 valence electrons. The van der Waals surface area contributed by atoms with E-state index in [2.05, 4.69) is 36.4 Å². The lowest BCUT2D eigenvalue weighted by atomic mass is 9.90. The zero-order valence-corrected chi connectivity index (χ0v) is 13.5. The number of nitrogens with zero attached hydrogens (tertiary/aromatic N) is 1. The van der Waals surface area contributed by atoms with Crippen molar-refractivity contribution in [2.75, 3.05) is 32.8 Å². The summed E-state index contributed by atoms with van der Waals surface area (Å²) >= 11 is 8.08. The molecule has 1 saturated heterocycles. The average Bonchev–Trinajstić information content (AvgIpc) is 2.83. The molecular formula is C14H23ClN2OS. The van der Waals surface area contributed by atoms with E-state index in [4.69, 9.17) is 16.3 Å². The van der Waals surface area contributed by atoms with Crippen molar-refractivity contribution in [1.29, 1.82) is 0 Å². The first-order valence-electron chi connectivity index (χ1n) is 6.86. The summed E-state index contributed by atoms with van der Waals surface area (Å²) in [6, 6.07) is 2.24. The van der Waals surface area contributed by atoms with Crippen LogP contribution in [0.3, 0.4) is 0 Å². The van der Waals surface area contributed by atoms with Crippen LogP contribution in [0.25, 0.3) is 0 Å². The summed E-state index contributed by atoms with van der Waals surface area (Å²) in [4.78, 5) is 3.74. The molecule has 0 aliphatic carbocycles. The molecule has 2 rings (SSSR count). The fraction of sp³-hybridized carbons (Fsp3) is 0.714. The fourth-order valence-electron chi connectivity index (χ4n) is 2.70. The van der Waals surface area contributed by atoms with Gasteiger partial charge in [-0.05, 0) is 31.8 Å². The average molecular weight is 303 g/mol. The monoisotopic (exact) mass is 302 g/mol. The molecule has 19 heavy (non-hydrogen) atoms. The highest BCUT2D eigenvalue weighted by molar-refractivity contribution is 7.10. The number of hydrogen-bond donors (Lipinski definition) is 1. The summed E-state index contributed by atoms with van der Waals surface area (Å²) in [5.74, 6) is 0. The third-order valence-corrected chi connectivity index (χ3v) is 5.27. The largest absolute Gasteiger partial charge is 0.379 e. The number of morpholine rings is 1. The van der Waals surface area contributed by atoms with Crippen molar-refractivity contribution in [3.05, 3.63) is 21.3 Å². The van der Waals surface area contributed by atoms with Crippen LogP contribution in [0.2, 0.25) is 5.02 Å².